The highest BCUT2D eigenvalue weighted by Crippen LogP contribution is 2.46. The molecule has 4 heteroatoms. The van der Waals surface area contributed by atoms with Crippen LogP contribution >= 0.6 is 11.6 Å². The van der Waals surface area contributed by atoms with Gasteiger partial charge in [0.1, 0.15) is 11.5 Å². The average molecular weight is 527 g/mol. The van der Waals surface area contributed by atoms with E-state index in [1.165, 1.54) is 59.9 Å². The fourth-order valence-electron chi connectivity index (χ4n) is 6.53. The lowest BCUT2D eigenvalue weighted by Crippen LogP contribution is -2.46. The zero-order valence-corrected chi connectivity index (χ0v) is 22.4. The van der Waals surface area contributed by atoms with Crippen molar-refractivity contribution in [1.29, 1.82) is 0 Å². The Bertz CT molecular complexity index is 2080. The highest BCUT2D eigenvalue weighted by atomic mass is 32.2. The lowest BCUT2D eigenvalue weighted by Gasteiger charge is -2.34. The minimum atomic E-state index is 0.154. The highest BCUT2D eigenvalue weighted by Gasteiger charge is 2.39. The van der Waals surface area contributed by atoms with Crippen molar-refractivity contribution in [2.75, 3.05) is 0 Å². The molecule has 0 unspecified atom stereocenters. The Hall–Kier alpha value is -4.67. The Kier molecular flexibility index (Phi) is 4.67. The molecule has 0 fully saturated rings. The quantitative estimate of drug-likeness (QED) is 0.210. The van der Waals surface area contributed by atoms with Crippen LogP contribution in [-0.2, 0) is 0 Å². The molecule has 2 nitrogen and oxygen atoms in total. The molecule has 0 N–H and O–H groups in total. The van der Waals surface area contributed by atoms with E-state index in [0.717, 1.165) is 17.2 Å². The summed E-state index contributed by atoms with van der Waals surface area (Å²) in [5, 5.41) is 2.50. The molecule has 0 saturated heterocycles. The summed E-state index contributed by atoms with van der Waals surface area (Å²) in [7, 11) is 0. The molecule has 0 radical (unpaired) electrons. The first-order valence-electron chi connectivity index (χ1n) is 13.6. The second-order valence-corrected chi connectivity index (χ2v) is 11.6. The van der Waals surface area contributed by atoms with E-state index in [0.29, 0.717) is 0 Å². The average Bonchev–Trinajstić information content (AvgIpc) is 3.35. The van der Waals surface area contributed by atoms with Gasteiger partial charge in [0.25, 0.3) is 5.99 Å². The molecular formula is C36H22BNOS. The normalized spacial score (nSPS) is 13.1. The van der Waals surface area contributed by atoms with E-state index in [1.54, 1.807) is 0 Å². The maximum absolute atomic E-state index is 7.02. The summed E-state index contributed by atoms with van der Waals surface area (Å²) in [5.74, 6) is 2.04. The summed E-state index contributed by atoms with van der Waals surface area (Å²) < 4.78 is 9.39. The molecule has 6 aromatic carbocycles. The number of hydrogen-bond donors (Lipinski definition) is 0. The van der Waals surface area contributed by atoms with Gasteiger partial charge < -0.3 is 9.30 Å². The highest BCUT2D eigenvalue weighted by molar-refractivity contribution is 8.28. The summed E-state index contributed by atoms with van der Waals surface area (Å²) in [6.07, 6.45) is 0. The van der Waals surface area contributed by atoms with Crippen LogP contribution in [0.3, 0.4) is 0 Å². The van der Waals surface area contributed by atoms with E-state index in [-0.39, 0.29) is 5.99 Å². The van der Waals surface area contributed by atoms with Crippen LogP contribution in [0.4, 0.5) is 0 Å². The number of benzene rings is 6. The number of hydrogen-bond acceptors (Lipinski definition) is 2. The van der Waals surface area contributed by atoms with Gasteiger partial charge in [-0.15, -0.1) is 0 Å². The van der Waals surface area contributed by atoms with E-state index >= 15 is 0 Å². The maximum atomic E-state index is 7.02. The van der Waals surface area contributed by atoms with Gasteiger partial charge in [0, 0.05) is 15.7 Å². The third kappa shape index (κ3) is 3.08. The second kappa shape index (κ2) is 8.42. The molecule has 7 aromatic rings. The van der Waals surface area contributed by atoms with Crippen molar-refractivity contribution in [3.05, 3.63) is 133 Å². The van der Waals surface area contributed by atoms with Crippen molar-refractivity contribution in [1.82, 2.24) is 4.57 Å². The number of fused-ring (bicyclic) bond motifs is 7. The smallest absolute Gasteiger partial charge is 0.289 e. The van der Waals surface area contributed by atoms with Crippen LogP contribution in [0.15, 0.2) is 138 Å². The Morgan fingerprint density at radius 3 is 2.08 bits per heavy atom. The third-order valence-electron chi connectivity index (χ3n) is 8.27. The molecule has 2 aliphatic heterocycles. The molecule has 0 amide bonds. The summed E-state index contributed by atoms with van der Waals surface area (Å²) in [6.45, 7) is 0. The van der Waals surface area contributed by atoms with Gasteiger partial charge >= 0.3 is 0 Å². The molecule has 0 aliphatic carbocycles. The van der Waals surface area contributed by atoms with E-state index in [4.69, 9.17) is 4.74 Å². The largest absolute Gasteiger partial charge is 0.456 e. The van der Waals surface area contributed by atoms with E-state index < -0.39 is 0 Å². The minimum Gasteiger partial charge on any atom is -0.456 e. The van der Waals surface area contributed by atoms with E-state index in [1.807, 2.05) is 11.6 Å². The topological polar surface area (TPSA) is 14.2 Å². The van der Waals surface area contributed by atoms with Crippen LogP contribution < -0.4 is 15.7 Å². The van der Waals surface area contributed by atoms with Crippen LogP contribution in [-0.4, -0.2) is 10.6 Å². The Morgan fingerprint density at radius 1 is 0.575 bits per heavy atom. The molecule has 40 heavy (non-hydrogen) atoms. The van der Waals surface area contributed by atoms with Crippen molar-refractivity contribution < 1.29 is 4.74 Å². The lowest BCUT2D eigenvalue weighted by atomic mass is 9.57. The predicted octanol–water partition coefficient (Wildman–Crippen LogP) is 8.43. The molecule has 1 aromatic heterocycles. The van der Waals surface area contributed by atoms with Crippen LogP contribution in [0.25, 0.3) is 49.7 Å². The number of ether oxygens (including phenoxy) is 1. The van der Waals surface area contributed by atoms with E-state index in [9.17, 15) is 0 Å². The SMILES string of the molecule is c1ccc(-c2cc3c4c(c2)-c2ccccc2SB4c2cccc(-n4c5ccccc5c5ccccc54)c2O3)cc1. The van der Waals surface area contributed by atoms with Gasteiger partial charge in [0.05, 0.1) is 16.7 Å². The molecule has 0 bridgehead atoms. The predicted molar refractivity (Wildman–Crippen MR) is 169 cm³/mol. The molecule has 0 spiro atoms. The van der Waals surface area contributed by atoms with Crippen LogP contribution in [0.5, 0.6) is 11.5 Å². The van der Waals surface area contributed by atoms with Gasteiger partial charge in [0.15, 0.2) is 0 Å². The first kappa shape index (κ1) is 22.2. The van der Waals surface area contributed by atoms with Gasteiger partial charge in [-0.2, -0.15) is 11.6 Å². The molecule has 0 atom stereocenters. The Balaban J connectivity index is 1.33. The molecule has 9 rings (SSSR count). The van der Waals surface area contributed by atoms with Crippen molar-refractivity contribution in [3.8, 4) is 39.4 Å². The van der Waals surface area contributed by atoms with Gasteiger partial charge in [-0.05, 0) is 69.6 Å². The summed E-state index contributed by atoms with van der Waals surface area (Å²) in [4.78, 5) is 1.31. The molecule has 186 valence electrons. The first-order valence-corrected chi connectivity index (χ1v) is 14.5. The fourth-order valence-corrected chi connectivity index (χ4v) is 7.92. The molecule has 0 saturated carbocycles. The zero-order valence-electron chi connectivity index (χ0n) is 21.5. The van der Waals surface area contributed by atoms with Crippen molar-refractivity contribution in [2.24, 2.45) is 0 Å². The Labute approximate surface area is 236 Å². The zero-order chi connectivity index (χ0) is 26.2. The van der Waals surface area contributed by atoms with Crippen molar-refractivity contribution in [3.63, 3.8) is 0 Å². The van der Waals surface area contributed by atoms with Crippen molar-refractivity contribution >= 4 is 50.3 Å². The Morgan fingerprint density at radius 2 is 1.27 bits per heavy atom. The van der Waals surface area contributed by atoms with Gasteiger partial charge in [-0.1, -0.05) is 97.1 Å². The number of rotatable bonds is 2. The van der Waals surface area contributed by atoms with Gasteiger partial charge in [0.2, 0.25) is 0 Å². The second-order valence-electron chi connectivity index (χ2n) is 10.5. The molecule has 2 aliphatic rings. The monoisotopic (exact) mass is 527 g/mol. The number of aromatic nitrogens is 1. The molecular weight excluding hydrogens is 505 g/mol. The van der Waals surface area contributed by atoms with Crippen LogP contribution in [0, 0.1) is 0 Å². The minimum absolute atomic E-state index is 0.154. The van der Waals surface area contributed by atoms with Gasteiger partial charge in [-0.3, -0.25) is 0 Å². The van der Waals surface area contributed by atoms with Crippen LogP contribution in [0.2, 0.25) is 0 Å². The summed E-state index contributed by atoms with van der Waals surface area (Å²) in [5.41, 5.74) is 10.9. The molecule has 3 heterocycles. The first-order chi connectivity index (χ1) is 19.8. The summed E-state index contributed by atoms with van der Waals surface area (Å²) in [6, 6.07) is 48.0. The van der Waals surface area contributed by atoms with Crippen LogP contribution in [0.1, 0.15) is 0 Å². The fraction of sp³-hybridized carbons (Fsp3) is 0. The third-order valence-corrected chi connectivity index (χ3v) is 9.61. The summed E-state index contributed by atoms with van der Waals surface area (Å²) >= 11 is 1.93. The maximum Gasteiger partial charge on any atom is 0.289 e. The number of para-hydroxylation sites is 3. The lowest BCUT2D eigenvalue weighted by molar-refractivity contribution is 0.486. The standard InChI is InChI=1S/C36H22BNOS/c1-2-11-23(12-3-1)24-21-28-27-15-6-9-20-34(27)40-37-29-16-10-19-32(36(29)39-33(22-24)35(28)37)38-30-17-7-4-13-25(30)26-14-5-8-18-31(26)38/h1-22H. The number of nitrogens with zero attached hydrogens (tertiary/aromatic N) is 1. The van der Waals surface area contributed by atoms with Crippen molar-refractivity contribution in [2.45, 2.75) is 4.90 Å². The van der Waals surface area contributed by atoms with E-state index in [2.05, 4.69) is 138 Å². The van der Waals surface area contributed by atoms with Gasteiger partial charge in [-0.25, -0.2) is 0 Å².